The van der Waals surface area contributed by atoms with Gasteiger partial charge in [0, 0.05) is 0 Å². The van der Waals surface area contributed by atoms with Crippen molar-refractivity contribution < 1.29 is 4.18 Å². The van der Waals surface area contributed by atoms with E-state index in [2.05, 4.69) is 60.7 Å². The first kappa shape index (κ1) is 22.4. The molecule has 29 heavy (non-hydrogen) atoms. The SMILES string of the molecule is CC(C)/C=C/[C@@H](C)[C@H]1CC[C@H]2[C@@H]3CC=C4C[C@@H](O[SH-]#P)CC[C@]4(C)[C@H]3CC[C@]12C. The summed E-state index contributed by atoms with van der Waals surface area (Å²) in [5.41, 5.74) is 2.70. The topological polar surface area (TPSA) is 9.23 Å². The van der Waals surface area contributed by atoms with Crippen LogP contribution in [-0.2, 0) is 15.2 Å². The average molecular weight is 434 g/mol. The van der Waals surface area contributed by atoms with Crippen molar-refractivity contribution in [1.82, 2.24) is 0 Å². The van der Waals surface area contributed by atoms with Gasteiger partial charge >= 0.3 is 146 Å². The van der Waals surface area contributed by atoms with Gasteiger partial charge in [0.25, 0.3) is 0 Å². The molecule has 4 aliphatic carbocycles. The molecule has 4 rings (SSSR count). The Balaban J connectivity index is 1.54. The van der Waals surface area contributed by atoms with Crippen molar-refractivity contribution in [1.29, 1.82) is 0 Å². The van der Waals surface area contributed by atoms with E-state index < -0.39 is 0 Å². The number of fused-ring (bicyclic) bond motifs is 5. The minimum absolute atomic E-state index is 0.392. The Morgan fingerprint density at radius 1 is 1.07 bits per heavy atom. The predicted molar refractivity (Wildman–Crippen MR) is 129 cm³/mol. The normalized spacial score (nSPS) is 45.6. The van der Waals surface area contributed by atoms with Crippen molar-refractivity contribution in [2.45, 2.75) is 92.1 Å². The Hall–Kier alpha value is 0.220. The third-order valence-corrected chi connectivity index (χ3v) is 10.4. The molecule has 1 nitrogen and oxygen atoms in total. The van der Waals surface area contributed by atoms with Crippen molar-refractivity contribution in [2.24, 2.45) is 46.3 Å². The van der Waals surface area contributed by atoms with Gasteiger partial charge in [-0.25, -0.2) is 0 Å². The third kappa shape index (κ3) is 3.93. The quantitative estimate of drug-likeness (QED) is 0.190. The van der Waals surface area contributed by atoms with E-state index in [0.29, 0.717) is 22.9 Å². The van der Waals surface area contributed by atoms with E-state index in [1.807, 2.05) is 0 Å². The molecular formula is C26H42OPS-. The van der Waals surface area contributed by atoms with Gasteiger partial charge in [-0.15, -0.1) is 0 Å². The maximum atomic E-state index is 5.87. The molecule has 0 aliphatic heterocycles. The molecule has 0 heterocycles. The second kappa shape index (κ2) is 8.63. The van der Waals surface area contributed by atoms with Crippen LogP contribution in [0.3, 0.4) is 0 Å². The molecule has 164 valence electrons. The van der Waals surface area contributed by atoms with Gasteiger partial charge in [0.05, 0.1) is 0 Å². The van der Waals surface area contributed by atoms with Crippen LogP contribution >= 0.6 is 7.81 Å². The van der Waals surface area contributed by atoms with Gasteiger partial charge in [0.1, 0.15) is 0 Å². The molecule has 0 saturated heterocycles. The molecule has 0 aromatic carbocycles. The van der Waals surface area contributed by atoms with Crippen LogP contribution in [0.4, 0.5) is 0 Å². The van der Waals surface area contributed by atoms with Crippen molar-refractivity contribution in [2.75, 3.05) is 0 Å². The summed E-state index contributed by atoms with van der Waals surface area (Å²) < 4.78 is 5.87. The monoisotopic (exact) mass is 433 g/mol. The van der Waals surface area contributed by atoms with Gasteiger partial charge in [0.2, 0.25) is 0 Å². The summed E-state index contributed by atoms with van der Waals surface area (Å²) in [6, 6.07) is 0. The zero-order chi connectivity index (χ0) is 20.8. The second-order valence-corrected chi connectivity index (χ2v) is 12.4. The summed E-state index contributed by atoms with van der Waals surface area (Å²) in [6.07, 6.45) is 18.8. The average Bonchev–Trinajstić information content (AvgIpc) is 3.04. The zero-order valence-corrected chi connectivity index (χ0v) is 21.0. The van der Waals surface area contributed by atoms with E-state index in [9.17, 15) is 0 Å². The minimum atomic E-state index is 0.392. The van der Waals surface area contributed by atoms with Crippen LogP contribution in [0, 0.1) is 46.3 Å². The molecule has 0 spiro atoms. The molecule has 0 aromatic rings. The van der Waals surface area contributed by atoms with Crippen LogP contribution in [0.1, 0.15) is 86.0 Å². The number of allylic oxidation sites excluding steroid dienone is 3. The summed E-state index contributed by atoms with van der Waals surface area (Å²) in [7, 11) is 4.27. The Bertz CT molecular complexity index is 721. The van der Waals surface area contributed by atoms with Gasteiger partial charge in [-0.3, -0.25) is 0 Å². The maximum absolute atomic E-state index is 5.87. The van der Waals surface area contributed by atoms with Crippen LogP contribution in [0.2, 0.25) is 0 Å². The van der Waals surface area contributed by atoms with Gasteiger partial charge in [-0.2, -0.15) is 0 Å². The number of thiol groups is 1. The molecule has 0 radical (unpaired) electrons. The summed E-state index contributed by atoms with van der Waals surface area (Å²) in [6.45, 7) is 12.4. The van der Waals surface area contributed by atoms with Gasteiger partial charge in [0.15, 0.2) is 0 Å². The van der Waals surface area contributed by atoms with Gasteiger partial charge in [-0.05, 0) is 5.92 Å². The molecular weight excluding hydrogens is 391 g/mol. The second-order valence-electron chi connectivity index (χ2n) is 11.5. The van der Waals surface area contributed by atoms with Crippen LogP contribution in [-0.4, -0.2) is 6.10 Å². The standard InChI is InChI=1S/C26H42OPS/c1-17(2)6-7-18(3)22-10-11-23-21-9-8-19-16-20(27-29-28)12-14-25(19,4)24(21)13-15-26(22,23)5/h6-8,17-18,20-24,29H,9-16H2,1-5H3/q-1/b7-6+/t18-,20+,21+,22-,23+,24+,25+,26-/m1/s1. The molecule has 0 bridgehead atoms. The third-order valence-electron chi connectivity index (χ3n) is 9.76. The molecule has 8 atom stereocenters. The Morgan fingerprint density at radius 2 is 1.86 bits per heavy atom. The Labute approximate surface area is 185 Å². The number of hydrogen-bond donors (Lipinski definition) is 0. The fourth-order valence-corrected chi connectivity index (χ4v) is 8.93. The zero-order valence-electron chi connectivity index (χ0n) is 19.2. The summed E-state index contributed by atoms with van der Waals surface area (Å²) >= 11 is 0.791. The van der Waals surface area contributed by atoms with Crippen molar-refractivity contribution in [3.05, 3.63) is 23.8 Å². The fourth-order valence-electron chi connectivity index (χ4n) is 8.22. The van der Waals surface area contributed by atoms with Crippen LogP contribution in [0.25, 0.3) is 0 Å². The Morgan fingerprint density at radius 3 is 2.59 bits per heavy atom. The molecule has 0 amide bonds. The molecule has 0 N–H and O–H groups in total. The van der Waals surface area contributed by atoms with E-state index in [0.717, 1.165) is 47.0 Å². The summed E-state index contributed by atoms with van der Waals surface area (Å²) in [5.74, 6) is 5.01. The summed E-state index contributed by atoms with van der Waals surface area (Å²) in [4.78, 5) is 0. The Kier molecular flexibility index (Phi) is 6.67. The van der Waals surface area contributed by atoms with Crippen molar-refractivity contribution in [3.63, 3.8) is 0 Å². The van der Waals surface area contributed by atoms with Gasteiger partial charge in [-0.1, -0.05) is 32.9 Å². The molecule has 3 saturated carbocycles. The summed E-state index contributed by atoms with van der Waals surface area (Å²) in [5, 5.41) is 0. The van der Waals surface area contributed by atoms with E-state index in [-0.39, 0.29) is 0 Å². The molecule has 3 fully saturated rings. The fraction of sp³-hybridized carbons (Fsp3) is 0.846. The van der Waals surface area contributed by atoms with Crippen molar-refractivity contribution >= 4 is 18.8 Å². The van der Waals surface area contributed by atoms with Crippen LogP contribution < -0.4 is 0 Å². The molecule has 4 aliphatic rings. The van der Waals surface area contributed by atoms with Crippen molar-refractivity contribution in [3.8, 4) is 0 Å². The first-order valence-corrected chi connectivity index (χ1v) is 14.1. The number of rotatable bonds is 4. The van der Waals surface area contributed by atoms with E-state index in [1.165, 1.54) is 44.9 Å². The first-order chi connectivity index (χ1) is 13.8. The molecule has 0 unspecified atom stereocenters. The van der Waals surface area contributed by atoms with E-state index in [4.69, 9.17) is 4.18 Å². The van der Waals surface area contributed by atoms with Gasteiger partial charge < -0.3 is 0 Å². The van der Waals surface area contributed by atoms with E-state index in [1.54, 1.807) is 5.57 Å². The van der Waals surface area contributed by atoms with E-state index >= 15 is 0 Å². The predicted octanol–water partition coefficient (Wildman–Crippen LogP) is 7.85. The molecule has 3 heteroatoms. The van der Waals surface area contributed by atoms with Crippen LogP contribution in [0.5, 0.6) is 0 Å². The van der Waals surface area contributed by atoms with Crippen LogP contribution in [0.15, 0.2) is 23.8 Å². The first-order valence-electron chi connectivity index (χ1n) is 12.2. The molecule has 0 aromatic heterocycles. The number of hydrogen-bond acceptors (Lipinski definition) is 2.